The Hall–Kier alpha value is -2.52. The van der Waals surface area contributed by atoms with E-state index in [1.807, 2.05) is 0 Å². The molecule has 0 unspecified atom stereocenters. The Morgan fingerprint density at radius 3 is 2.54 bits per heavy atom. The van der Waals surface area contributed by atoms with E-state index in [0.29, 0.717) is 24.5 Å². The van der Waals surface area contributed by atoms with E-state index in [2.05, 4.69) is 16.9 Å². The Kier molecular flexibility index (Phi) is 6.27. The normalized spacial score (nSPS) is 11.5. The third kappa shape index (κ3) is 4.00. The molecule has 0 saturated carbocycles. The van der Waals surface area contributed by atoms with Crippen LogP contribution in [0.25, 0.3) is 0 Å². The number of benzene rings is 1. The predicted octanol–water partition coefficient (Wildman–Crippen LogP) is 1.56. The van der Waals surface area contributed by atoms with Crippen molar-refractivity contribution in [3.05, 3.63) is 48.8 Å². The van der Waals surface area contributed by atoms with Gasteiger partial charge in [-0.2, -0.15) is 4.31 Å². The monoisotopic (exact) mass is 377 g/mol. The summed E-state index contributed by atoms with van der Waals surface area (Å²) in [5.74, 6) is -0.344. The zero-order chi connectivity index (χ0) is 19.3. The van der Waals surface area contributed by atoms with Crippen LogP contribution in [0.3, 0.4) is 0 Å². The quantitative estimate of drug-likeness (QED) is 0.652. The van der Waals surface area contributed by atoms with Crippen molar-refractivity contribution in [1.29, 1.82) is 0 Å². The molecule has 0 saturated heterocycles. The molecule has 8 nitrogen and oxygen atoms in total. The molecule has 0 aliphatic rings. The van der Waals surface area contributed by atoms with Crippen LogP contribution in [0.4, 0.5) is 5.69 Å². The van der Waals surface area contributed by atoms with Gasteiger partial charge in [0, 0.05) is 25.8 Å². The van der Waals surface area contributed by atoms with Gasteiger partial charge >= 0.3 is 0 Å². The molecule has 2 rings (SSSR count). The fraction of sp³-hybridized carbons (Fsp3) is 0.353. The Labute approximate surface area is 153 Å². The van der Waals surface area contributed by atoms with Crippen LogP contribution in [0, 0.1) is 0 Å². The van der Waals surface area contributed by atoms with Gasteiger partial charge in [-0.1, -0.05) is 31.7 Å². The van der Waals surface area contributed by atoms with Crippen molar-refractivity contribution in [2.24, 2.45) is 7.05 Å². The number of carbonyl (C=O) groups is 1. The molecule has 26 heavy (non-hydrogen) atoms. The van der Waals surface area contributed by atoms with Gasteiger partial charge in [0.1, 0.15) is 0 Å². The first-order valence-corrected chi connectivity index (χ1v) is 9.66. The van der Waals surface area contributed by atoms with Gasteiger partial charge in [-0.3, -0.25) is 9.48 Å². The average molecular weight is 377 g/mol. The fourth-order valence-electron chi connectivity index (χ4n) is 2.55. The molecule has 9 heteroatoms. The van der Waals surface area contributed by atoms with E-state index in [0.717, 1.165) is 0 Å². The van der Waals surface area contributed by atoms with Gasteiger partial charge < -0.3 is 4.90 Å². The lowest BCUT2D eigenvalue weighted by atomic mass is 10.2. The molecule has 1 aromatic carbocycles. The SMILES string of the molecule is C=CC(=O)N(Cc1cnnn1C)c1cccc(S(=O)(=O)N(CC)CC)c1. The molecule has 0 spiro atoms. The molecule has 1 amide bonds. The molecular formula is C17H23N5O3S. The number of hydrogen-bond donors (Lipinski definition) is 0. The second kappa shape index (κ2) is 8.24. The summed E-state index contributed by atoms with van der Waals surface area (Å²) in [7, 11) is -1.90. The Balaban J connectivity index is 2.45. The molecule has 0 N–H and O–H groups in total. The van der Waals surface area contributed by atoms with Crippen LogP contribution < -0.4 is 4.90 Å². The van der Waals surface area contributed by atoms with Crippen LogP contribution in [-0.4, -0.2) is 46.7 Å². The second-order valence-corrected chi connectivity index (χ2v) is 7.50. The molecule has 0 radical (unpaired) electrons. The highest BCUT2D eigenvalue weighted by molar-refractivity contribution is 7.89. The molecule has 1 aromatic heterocycles. The van der Waals surface area contributed by atoms with E-state index >= 15 is 0 Å². The van der Waals surface area contributed by atoms with E-state index in [4.69, 9.17) is 0 Å². The summed E-state index contributed by atoms with van der Waals surface area (Å²) in [5.41, 5.74) is 1.17. The highest BCUT2D eigenvalue weighted by Gasteiger charge is 2.23. The molecular weight excluding hydrogens is 354 g/mol. The third-order valence-electron chi connectivity index (χ3n) is 4.04. The molecule has 2 aromatic rings. The molecule has 0 atom stereocenters. The third-order valence-corrected chi connectivity index (χ3v) is 6.09. The number of aromatic nitrogens is 3. The van der Waals surface area contributed by atoms with Crippen LogP contribution in [0.5, 0.6) is 0 Å². The van der Waals surface area contributed by atoms with Crippen molar-refractivity contribution in [2.75, 3.05) is 18.0 Å². The maximum atomic E-state index is 12.8. The van der Waals surface area contributed by atoms with Gasteiger partial charge in [0.2, 0.25) is 10.0 Å². The molecule has 0 bridgehead atoms. The Morgan fingerprint density at radius 2 is 2.00 bits per heavy atom. The first-order chi connectivity index (χ1) is 12.3. The highest BCUT2D eigenvalue weighted by Crippen LogP contribution is 2.24. The predicted molar refractivity (Wildman–Crippen MR) is 98.9 cm³/mol. The number of hydrogen-bond acceptors (Lipinski definition) is 5. The number of anilines is 1. The van der Waals surface area contributed by atoms with Crippen LogP contribution in [0.1, 0.15) is 19.5 Å². The van der Waals surface area contributed by atoms with Crippen LogP contribution in [0.15, 0.2) is 48.0 Å². The average Bonchev–Trinajstić information content (AvgIpc) is 3.04. The van der Waals surface area contributed by atoms with Gasteiger partial charge in [0.15, 0.2) is 0 Å². The second-order valence-electron chi connectivity index (χ2n) is 5.56. The summed E-state index contributed by atoms with van der Waals surface area (Å²) in [6.07, 6.45) is 2.75. The van der Waals surface area contributed by atoms with E-state index in [1.54, 1.807) is 43.9 Å². The van der Waals surface area contributed by atoms with E-state index < -0.39 is 10.0 Å². The van der Waals surface area contributed by atoms with Crippen molar-refractivity contribution in [1.82, 2.24) is 19.3 Å². The van der Waals surface area contributed by atoms with Crippen LogP contribution in [0.2, 0.25) is 0 Å². The van der Waals surface area contributed by atoms with Gasteiger partial charge in [0.05, 0.1) is 23.3 Å². The Morgan fingerprint density at radius 1 is 1.31 bits per heavy atom. The minimum atomic E-state index is -3.62. The lowest BCUT2D eigenvalue weighted by Crippen LogP contribution is -2.32. The van der Waals surface area contributed by atoms with Crippen molar-refractivity contribution < 1.29 is 13.2 Å². The standard InChI is InChI=1S/C17H23N5O3S/c1-5-17(23)22(13-15-12-18-19-20(15)4)14-9-8-10-16(11-14)26(24,25)21(6-2)7-3/h5,8-12H,1,6-7,13H2,2-4H3. The molecule has 0 fully saturated rings. The van der Waals surface area contributed by atoms with Crippen LogP contribution >= 0.6 is 0 Å². The van der Waals surface area contributed by atoms with Gasteiger partial charge in [-0.15, -0.1) is 5.10 Å². The largest absolute Gasteiger partial charge is 0.303 e. The van der Waals surface area contributed by atoms with Gasteiger partial charge in [-0.25, -0.2) is 8.42 Å². The lowest BCUT2D eigenvalue weighted by Gasteiger charge is -2.23. The molecule has 1 heterocycles. The van der Waals surface area contributed by atoms with Crippen LogP contribution in [-0.2, 0) is 28.4 Å². The smallest absolute Gasteiger partial charge is 0.250 e. The molecule has 0 aliphatic carbocycles. The topological polar surface area (TPSA) is 88.4 Å². The number of carbonyl (C=O) groups excluding carboxylic acids is 1. The summed E-state index contributed by atoms with van der Waals surface area (Å²) in [6, 6.07) is 6.33. The number of rotatable bonds is 8. The lowest BCUT2D eigenvalue weighted by molar-refractivity contribution is -0.114. The maximum absolute atomic E-state index is 12.8. The van der Waals surface area contributed by atoms with E-state index in [1.165, 1.54) is 27.4 Å². The van der Waals surface area contributed by atoms with Gasteiger partial charge in [0.25, 0.3) is 5.91 Å². The highest BCUT2D eigenvalue weighted by atomic mass is 32.2. The number of nitrogens with zero attached hydrogens (tertiary/aromatic N) is 5. The zero-order valence-electron chi connectivity index (χ0n) is 15.2. The van der Waals surface area contributed by atoms with E-state index in [9.17, 15) is 13.2 Å². The fourth-order valence-corrected chi connectivity index (χ4v) is 4.05. The number of aryl methyl sites for hydroxylation is 1. The molecule has 0 aliphatic heterocycles. The molecule has 140 valence electrons. The summed E-state index contributed by atoms with van der Waals surface area (Å²) in [4.78, 5) is 13.9. The summed E-state index contributed by atoms with van der Waals surface area (Å²) >= 11 is 0. The van der Waals surface area contributed by atoms with Crippen molar-refractivity contribution in [2.45, 2.75) is 25.3 Å². The Bertz CT molecular complexity index is 887. The summed E-state index contributed by atoms with van der Waals surface area (Å²) < 4.78 is 28.4. The number of amides is 1. The van der Waals surface area contributed by atoms with Gasteiger partial charge in [-0.05, 0) is 24.3 Å². The summed E-state index contributed by atoms with van der Waals surface area (Å²) in [5, 5.41) is 7.65. The minimum Gasteiger partial charge on any atom is -0.303 e. The number of sulfonamides is 1. The van der Waals surface area contributed by atoms with Crippen molar-refractivity contribution in [3.63, 3.8) is 0 Å². The van der Waals surface area contributed by atoms with Crippen molar-refractivity contribution in [3.8, 4) is 0 Å². The first-order valence-electron chi connectivity index (χ1n) is 8.22. The van der Waals surface area contributed by atoms with E-state index in [-0.39, 0.29) is 17.3 Å². The zero-order valence-corrected chi connectivity index (χ0v) is 16.0. The maximum Gasteiger partial charge on any atom is 0.250 e. The van der Waals surface area contributed by atoms with Crippen molar-refractivity contribution >= 4 is 21.6 Å². The minimum absolute atomic E-state index is 0.142. The first kappa shape index (κ1) is 19.8. The summed E-state index contributed by atoms with van der Waals surface area (Å²) in [6.45, 7) is 8.05.